The first kappa shape index (κ1) is 16.8. The lowest BCUT2D eigenvalue weighted by Gasteiger charge is -2.15. The number of anilines is 1. The molecule has 0 aliphatic heterocycles. The number of halogens is 5. The topological polar surface area (TPSA) is 58.0 Å². The third-order valence-corrected chi connectivity index (χ3v) is 3.39. The predicted molar refractivity (Wildman–Crippen MR) is 76.9 cm³/mol. The molecule has 1 aromatic carbocycles. The molecule has 0 saturated heterocycles. The van der Waals surface area contributed by atoms with Crippen LogP contribution in [0, 0.1) is 0 Å². The molecule has 4 nitrogen and oxygen atoms in total. The molecule has 118 valence electrons. The van der Waals surface area contributed by atoms with Crippen LogP contribution in [0.5, 0.6) is 0 Å². The lowest BCUT2D eigenvalue weighted by Crippen LogP contribution is -2.16. The van der Waals surface area contributed by atoms with Crippen molar-refractivity contribution in [3.8, 4) is 0 Å². The van der Waals surface area contributed by atoms with Gasteiger partial charge in [0.15, 0.2) is 0 Å². The van der Waals surface area contributed by atoms with Crippen LogP contribution in [-0.4, -0.2) is 21.6 Å². The fraction of sp³-hybridized carbons (Fsp3) is 0.231. The third kappa shape index (κ3) is 4.00. The highest BCUT2D eigenvalue weighted by molar-refractivity contribution is 6.36. The molecule has 1 unspecified atom stereocenters. The summed E-state index contributed by atoms with van der Waals surface area (Å²) in [6.45, 7) is -0.148. The Bertz CT molecular complexity index is 647. The second-order valence-corrected chi connectivity index (χ2v) is 5.11. The van der Waals surface area contributed by atoms with E-state index in [1.54, 1.807) is 18.2 Å². The third-order valence-electron chi connectivity index (χ3n) is 2.73. The summed E-state index contributed by atoms with van der Waals surface area (Å²) >= 11 is 11.9. The number of rotatable bonds is 4. The second kappa shape index (κ2) is 6.68. The lowest BCUT2D eigenvalue weighted by molar-refractivity contribution is -0.141. The number of nitrogens with zero attached hydrogens (tertiary/aromatic N) is 2. The molecule has 0 spiro atoms. The molecule has 2 rings (SSSR count). The minimum atomic E-state index is -4.57. The van der Waals surface area contributed by atoms with E-state index < -0.39 is 18.0 Å². The maximum Gasteiger partial charge on any atom is 0.433 e. The minimum absolute atomic E-state index is 0.148. The Hall–Kier alpha value is -1.57. The minimum Gasteiger partial charge on any atom is -0.386 e. The van der Waals surface area contributed by atoms with E-state index in [1.165, 1.54) is 0 Å². The van der Waals surface area contributed by atoms with Gasteiger partial charge in [-0.25, -0.2) is 9.97 Å². The largest absolute Gasteiger partial charge is 0.433 e. The van der Waals surface area contributed by atoms with E-state index in [4.69, 9.17) is 23.2 Å². The molecule has 9 heteroatoms. The molecule has 22 heavy (non-hydrogen) atoms. The molecule has 2 N–H and O–H groups in total. The fourth-order valence-electron chi connectivity index (χ4n) is 1.72. The Labute approximate surface area is 133 Å². The van der Waals surface area contributed by atoms with Gasteiger partial charge in [0.2, 0.25) is 5.95 Å². The number of aliphatic hydroxyl groups is 1. The Morgan fingerprint density at radius 1 is 1.18 bits per heavy atom. The molecule has 0 aliphatic carbocycles. The fourth-order valence-corrected chi connectivity index (χ4v) is 2.37. The number of hydrogen-bond donors (Lipinski definition) is 2. The monoisotopic (exact) mass is 351 g/mol. The quantitative estimate of drug-likeness (QED) is 0.875. The standard InChI is InChI=1S/C13H10Cl2F3N3O/c14-7-2-1-3-8(15)11(7)9(22)6-20-12-19-5-4-10(21-12)13(16,17)18/h1-5,9,22H,6H2,(H,19,20,21). The van der Waals surface area contributed by atoms with Gasteiger partial charge in [0.25, 0.3) is 0 Å². The van der Waals surface area contributed by atoms with E-state index in [9.17, 15) is 18.3 Å². The van der Waals surface area contributed by atoms with Crippen molar-refractivity contribution < 1.29 is 18.3 Å². The lowest BCUT2D eigenvalue weighted by atomic mass is 10.1. The molecule has 1 heterocycles. The molecular formula is C13H10Cl2F3N3O. The van der Waals surface area contributed by atoms with E-state index >= 15 is 0 Å². The van der Waals surface area contributed by atoms with Gasteiger partial charge in [-0.15, -0.1) is 0 Å². The summed E-state index contributed by atoms with van der Waals surface area (Å²) in [5.74, 6) is -0.253. The number of aliphatic hydroxyl groups excluding tert-OH is 1. The second-order valence-electron chi connectivity index (χ2n) is 4.30. The maximum atomic E-state index is 12.5. The van der Waals surface area contributed by atoms with E-state index in [-0.39, 0.29) is 28.1 Å². The molecule has 0 saturated carbocycles. The maximum absolute atomic E-state index is 12.5. The van der Waals surface area contributed by atoms with Crippen LogP contribution < -0.4 is 5.32 Å². The van der Waals surface area contributed by atoms with Crippen LogP contribution in [0.3, 0.4) is 0 Å². The molecule has 0 radical (unpaired) electrons. The van der Waals surface area contributed by atoms with Crippen molar-refractivity contribution in [1.82, 2.24) is 9.97 Å². The van der Waals surface area contributed by atoms with E-state index in [2.05, 4.69) is 15.3 Å². The van der Waals surface area contributed by atoms with Gasteiger partial charge >= 0.3 is 6.18 Å². The first-order valence-electron chi connectivity index (χ1n) is 6.05. The molecule has 2 aromatic rings. The average molecular weight is 352 g/mol. The van der Waals surface area contributed by atoms with Crippen molar-refractivity contribution in [2.75, 3.05) is 11.9 Å². The summed E-state index contributed by atoms with van der Waals surface area (Å²) in [4.78, 5) is 6.99. The smallest absolute Gasteiger partial charge is 0.386 e. The van der Waals surface area contributed by atoms with Crippen LogP contribution in [0.15, 0.2) is 30.5 Å². The normalized spacial score (nSPS) is 13.0. The molecule has 0 aliphatic rings. The zero-order valence-corrected chi connectivity index (χ0v) is 12.4. The van der Waals surface area contributed by atoms with E-state index in [0.29, 0.717) is 0 Å². The van der Waals surface area contributed by atoms with Gasteiger partial charge in [0, 0.05) is 28.4 Å². The van der Waals surface area contributed by atoms with E-state index in [1.807, 2.05) is 0 Å². The van der Waals surface area contributed by atoms with Gasteiger partial charge in [0.05, 0.1) is 6.10 Å². The van der Waals surface area contributed by atoms with Gasteiger partial charge in [-0.2, -0.15) is 13.2 Å². The van der Waals surface area contributed by atoms with Gasteiger partial charge in [-0.3, -0.25) is 0 Å². The van der Waals surface area contributed by atoms with Crippen molar-refractivity contribution in [2.24, 2.45) is 0 Å². The zero-order valence-electron chi connectivity index (χ0n) is 10.9. The molecule has 0 fully saturated rings. The van der Waals surface area contributed by atoms with Crippen LogP contribution in [0.1, 0.15) is 17.4 Å². The number of alkyl halides is 3. The highest BCUT2D eigenvalue weighted by Gasteiger charge is 2.32. The van der Waals surface area contributed by atoms with E-state index in [0.717, 1.165) is 12.3 Å². The van der Waals surface area contributed by atoms with Crippen LogP contribution in [0.2, 0.25) is 10.0 Å². The summed E-state index contributed by atoms with van der Waals surface area (Å²) in [6.07, 6.45) is -4.71. The number of hydrogen-bond acceptors (Lipinski definition) is 4. The predicted octanol–water partition coefficient (Wildman–Crippen LogP) is 3.95. The average Bonchev–Trinajstić information content (AvgIpc) is 2.44. The first-order chi connectivity index (χ1) is 10.3. The number of aromatic nitrogens is 2. The summed E-state index contributed by atoms with van der Waals surface area (Å²) in [6, 6.07) is 5.47. The van der Waals surface area contributed by atoms with Crippen molar-refractivity contribution >= 4 is 29.2 Å². The highest BCUT2D eigenvalue weighted by atomic mass is 35.5. The van der Waals surface area contributed by atoms with Gasteiger partial charge < -0.3 is 10.4 Å². The van der Waals surface area contributed by atoms with Crippen molar-refractivity contribution in [2.45, 2.75) is 12.3 Å². The molecule has 0 amide bonds. The van der Waals surface area contributed by atoms with Crippen LogP contribution in [-0.2, 0) is 6.18 Å². The van der Waals surface area contributed by atoms with Crippen molar-refractivity contribution in [3.63, 3.8) is 0 Å². The van der Waals surface area contributed by atoms with Gasteiger partial charge in [-0.1, -0.05) is 29.3 Å². The van der Waals surface area contributed by atoms with Crippen LogP contribution in [0.25, 0.3) is 0 Å². The van der Waals surface area contributed by atoms with Crippen molar-refractivity contribution in [1.29, 1.82) is 0 Å². The Kier molecular flexibility index (Phi) is 5.10. The Morgan fingerprint density at radius 2 is 1.82 bits per heavy atom. The molecule has 1 atom stereocenters. The first-order valence-corrected chi connectivity index (χ1v) is 6.80. The Morgan fingerprint density at radius 3 is 2.41 bits per heavy atom. The summed E-state index contributed by atoms with van der Waals surface area (Å²) < 4.78 is 37.6. The zero-order chi connectivity index (χ0) is 16.3. The van der Waals surface area contributed by atoms with Crippen LogP contribution in [0.4, 0.5) is 19.1 Å². The van der Waals surface area contributed by atoms with Gasteiger partial charge in [-0.05, 0) is 18.2 Å². The summed E-state index contributed by atoms with van der Waals surface area (Å²) in [7, 11) is 0. The Balaban J connectivity index is 2.10. The molecular weight excluding hydrogens is 342 g/mol. The number of nitrogens with one attached hydrogen (secondary N) is 1. The summed E-state index contributed by atoms with van der Waals surface area (Å²) in [5.41, 5.74) is -0.791. The highest BCUT2D eigenvalue weighted by Crippen LogP contribution is 2.30. The van der Waals surface area contributed by atoms with Crippen LogP contribution >= 0.6 is 23.2 Å². The SMILES string of the molecule is OC(CNc1nccc(C(F)(F)F)n1)c1c(Cl)cccc1Cl. The van der Waals surface area contributed by atoms with Gasteiger partial charge in [0.1, 0.15) is 5.69 Å². The summed E-state index contributed by atoms with van der Waals surface area (Å²) in [5, 5.41) is 13.1. The van der Waals surface area contributed by atoms with Crippen molar-refractivity contribution in [3.05, 3.63) is 51.8 Å². The molecule has 0 bridgehead atoms. The number of benzene rings is 1. The molecule has 1 aromatic heterocycles.